The smallest absolute Gasteiger partial charge is 0.250 e. The predicted molar refractivity (Wildman–Crippen MR) is 164 cm³/mol. The number of nitrogens with one attached hydrogen (secondary N) is 1. The number of rotatable bonds is 5. The number of halogens is 2. The molecule has 10 heteroatoms. The summed E-state index contributed by atoms with van der Waals surface area (Å²) in [6, 6.07) is 19.3. The van der Waals surface area contributed by atoms with Crippen molar-refractivity contribution < 1.29 is 18.0 Å². The van der Waals surface area contributed by atoms with Gasteiger partial charge in [0.05, 0.1) is 10.8 Å². The molecule has 0 aromatic heterocycles. The first-order valence-electron chi connectivity index (χ1n) is 14.3. The third-order valence-electron chi connectivity index (χ3n) is 9.76. The fraction of sp³-hybridized carbons (Fsp3) is 0.375. The Morgan fingerprint density at radius 1 is 1.00 bits per heavy atom. The van der Waals surface area contributed by atoms with Gasteiger partial charge >= 0.3 is 0 Å². The van der Waals surface area contributed by atoms with Crippen LogP contribution in [0.1, 0.15) is 36.8 Å². The van der Waals surface area contributed by atoms with Crippen LogP contribution in [0.4, 0.5) is 11.4 Å². The number of carbonyl (C=O) groups excluding carboxylic acids is 2. The van der Waals surface area contributed by atoms with Gasteiger partial charge in [-0.15, -0.1) is 0 Å². The number of fused-ring (bicyclic) bond motifs is 3. The van der Waals surface area contributed by atoms with Gasteiger partial charge in [0.25, 0.3) is 0 Å². The Morgan fingerprint density at radius 2 is 1.71 bits per heavy atom. The van der Waals surface area contributed by atoms with E-state index in [2.05, 4.69) is 17.1 Å². The van der Waals surface area contributed by atoms with Crippen LogP contribution in [-0.4, -0.2) is 50.5 Å². The molecule has 7 rings (SSSR count). The van der Waals surface area contributed by atoms with Gasteiger partial charge in [0.15, 0.2) is 9.84 Å². The van der Waals surface area contributed by atoms with Crippen molar-refractivity contribution in [2.24, 2.45) is 17.8 Å². The molecule has 0 bridgehead atoms. The van der Waals surface area contributed by atoms with Crippen LogP contribution in [0.3, 0.4) is 0 Å². The van der Waals surface area contributed by atoms with E-state index in [-0.39, 0.29) is 22.8 Å². The molecular weight excluding hydrogens is 593 g/mol. The molecule has 2 amide bonds. The summed E-state index contributed by atoms with van der Waals surface area (Å²) in [5, 5.41) is 4.20. The molecule has 1 spiro atoms. The summed E-state index contributed by atoms with van der Waals surface area (Å²) in [7, 11) is -3.37. The zero-order valence-electron chi connectivity index (χ0n) is 23.3. The van der Waals surface area contributed by atoms with E-state index < -0.39 is 27.2 Å². The number of amides is 2. The van der Waals surface area contributed by atoms with E-state index in [9.17, 15) is 18.0 Å². The highest BCUT2D eigenvalue weighted by Gasteiger charge is 2.69. The van der Waals surface area contributed by atoms with Crippen molar-refractivity contribution in [2.75, 3.05) is 29.6 Å². The Labute approximate surface area is 255 Å². The molecule has 2 saturated heterocycles. The normalized spacial score (nSPS) is 30.4. The van der Waals surface area contributed by atoms with Crippen molar-refractivity contribution in [2.45, 2.75) is 42.2 Å². The summed E-state index contributed by atoms with van der Waals surface area (Å²) in [4.78, 5) is 33.4. The average Bonchev–Trinajstić information content (AvgIpc) is 3.45. The van der Waals surface area contributed by atoms with Crippen molar-refractivity contribution in [3.63, 3.8) is 0 Å². The minimum absolute atomic E-state index is 0.0794. The molecule has 3 heterocycles. The van der Waals surface area contributed by atoms with E-state index >= 15 is 0 Å². The molecule has 3 aliphatic heterocycles. The Hall–Kier alpha value is -2.91. The summed E-state index contributed by atoms with van der Waals surface area (Å²) in [5.74, 6) is -0.268. The topological polar surface area (TPSA) is 86.8 Å². The maximum Gasteiger partial charge on any atom is 0.250 e. The number of hydrogen-bond acceptors (Lipinski definition) is 5. The van der Waals surface area contributed by atoms with E-state index in [0.717, 1.165) is 17.5 Å². The zero-order chi connectivity index (χ0) is 29.6. The second kappa shape index (κ2) is 9.81. The summed E-state index contributed by atoms with van der Waals surface area (Å²) >= 11 is 12.9. The molecular formula is C32H31Cl2N3O4S. The second-order valence-corrected chi connectivity index (χ2v) is 15.1. The molecule has 3 aromatic rings. The number of anilines is 2. The summed E-state index contributed by atoms with van der Waals surface area (Å²) in [6.45, 7) is 3.41. The van der Waals surface area contributed by atoms with Gasteiger partial charge in [0.1, 0.15) is 5.54 Å². The highest BCUT2D eigenvalue weighted by atomic mass is 35.5. The lowest BCUT2D eigenvalue weighted by Crippen LogP contribution is -2.54. The molecule has 1 saturated carbocycles. The molecule has 42 heavy (non-hydrogen) atoms. The van der Waals surface area contributed by atoms with Crippen LogP contribution in [0.2, 0.25) is 10.0 Å². The van der Waals surface area contributed by atoms with Gasteiger partial charge in [0.2, 0.25) is 11.8 Å². The number of likely N-dealkylation sites (tertiary alicyclic amines) is 1. The van der Waals surface area contributed by atoms with Crippen LogP contribution >= 0.6 is 23.2 Å². The first-order valence-corrected chi connectivity index (χ1v) is 16.9. The Bertz CT molecular complexity index is 1730. The summed E-state index contributed by atoms with van der Waals surface area (Å²) < 4.78 is 24.1. The van der Waals surface area contributed by atoms with Crippen LogP contribution in [-0.2, 0) is 25.0 Å². The molecule has 3 fully saturated rings. The number of piperidine rings is 1. The van der Waals surface area contributed by atoms with Crippen molar-refractivity contribution >= 4 is 56.2 Å². The minimum atomic E-state index is -3.37. The number of benzene rings is 3. The van der Waals surface area contributed by atoms with Crippen molar-refractivity contribution in [3.05, 3.63) is 87.9 Å². The Morgan fingerprint density at radius 3 is 2.38 bits per heavy atom. The van der Waals surface area contributed by atoms with Gasteiger partial charge in [-0.2, -0.15) is 0 Å². The maximum atomic E-state index is 14.7. The average molecular weight is 625 g/mol. The lowest BCUT2D eigenvalue weighted by atomic mass is 9.70. The Kier molecular flexibility index (Phi) is 6.51. The standard InChI is InChI=1S/C32H31Cl2N3O4S/c1-18-14-20(18)17-37-27-12-13-36(23-7-9-24(10-8-23)42(2,40)41)30(38)28(27)29(19-4-3-5-21(33)15-19)32(37)25-11-6-22(34)16-26(25)35-31(32)39/h3-11,15-16,18,20,27-29H,12-14,17H2,1-2H3,(H,35,39)/t18?,20?,27-,28+,29-,32+/m0/s1. The SMILES string of the molecule is CC1CC1CN1[C@H]2CCN(c3ccc(S(C)(=O)=O)cc3)C(=O)[C@H]2[C@H](c2cccc(Cl)c2)[C@]12C(=O)Nc1cc(Cl)ccc12. The number of nitrogens with zero attached hydrogens (tertiary/aromatic N) is 2. The van der Waals surface area contributed by atoms with Crippen LogP contribution in [0.15, 0.2) is 71.6 Å². The van der Waals surface area contributed by atoms with E-state index in [1.165, 1.54) is 6.26 Å². The molecule has 218 valence electrons. The van der Waals surface area contributed by atoms with E-state index in [1.54, 1.807) is 41.3 Å². The molecule has 6 atom stereocenters. The van der Waals surface area contributed by atoms with Gasteiger partial charge in [0, 0.05) is 58.3 Å². The van der Waals surface area contributed by atoms with Gasteiger partial charge < -0.3 is 10.2 Å². The number of sulfone groups is 1. The molecule has 7 nitrogen and oxygen atoms in total. The number of carbonyl (C=O) groups is 2. The van der Waals surface area contributed by atoms with Crippen molar-refractivity contribution in [1.29, 1.82) is 0 Å². The van der Waals surface area contributed by atoms with Crippen LogP contribution in [0.25, 0.3) is 0 Å². The maximum absolute atomic E-state index is 14.7. The van der Waals surface area contributed by atoms with E-state index in [0.29, 0.717) is 52.8 Å². The molecule has 0 radical (unpaired) electrons. The fourth-order valence-electron chi connectivity index (χ4n) is 7.66. The fourth-order valence-corrected chi connectivity index (χ4v) is 8.66. The highest BCUT2D eigenvalue weighted by Crippen LogP contribution is 2.62. The monoisotopic (exact) mass is 623 g/mol. The zero-order valence-corrected chi connectivity index (χ0v) is 25.6. The van der Waals surface area contributed by atoms with Crippen LogP contribution < -0.4 is 10.2 Å². The van der Waals surface area contributed by atoms with Crippen molar-refractivity contribution in [1.82, 2.24) is 4.90 Å². The molecule has 4 aliphatic rings. The first-order chi connectivity index (χ1) is 20.0. The third-order valence-corrected chi connectivity index (χ3v) is 11.4. The van der Waals surface area contributed by atoms with E-state index in [4.69, 9.17) is 23.2 Å². The van der Waals surface area contributed by atoms with Gasteiger partial charge in [-0.3, -0.25) is 14.5 Å². The van der Waals surface area contributed by atoms with E-state index in [1.807, 2.05) is 30.3 Å². The Balaban J connectivity index is 1.40. The van der Waals surface area contributed by atoms with Gasteiger partial charge in [-0.1, -0.05) is 48.3 Å². The third kappa shape index (κ3) is 4.21. The lowest BCUT2D eigenvalue weighted by molar-refractivity contribution is -0.128. The molecule has 3 aromatic carbocycles. The summed E-state index contributed by atoms with van der Waals surface area (Å²) in [5.41, 5.74) is 1.87. The molecule has 1 N–H and O–H groups in total. The van der Waals surface area contributed by atoms with Crippen molar-refractivity contribution in [3.8, 4) is 0 Å². The molecule has 2 unspecified atom stereocenters. The first kappa shape index (κ1) is 27.9. The number of hydrogen-bond donors (Lipinski definition) is 1. The van der Waals surface area contributed by atoms with Crippen LogP contribution in [0, 0.1) is 17.8 Å². The largest absolute Gasteiger partial charge is 0.324 e. The quantitative estimate of drug-likeness (QED) is 0.393. The lowest BCUT2D eigenvalue weighted by Gasteiger charge is -2.40. The molecule has 1 aliphatic carbocycles. The minimum Gasteiger partial charge on any atom is -0.324 e. The van der Waals surface area contributed by atoms with Crippen LogP contribution in [0.5, 0.6) is 0 Å². The highest BCUT2D eigenvalue weighted by molar-refractivity contribution is 7.90. The second-order valence-electron chi connectivity index (χ2n) is 12.2. The summed E-state index contributed by atoms with van der Waals surface area (Å²) in [6.07, 6.45) is 2.92. The van der Waals surface area contributed by atoms with Gasteiger partial charge in [-0.25, -0.2) is 8.42 Å². The predicted octanol–water partition coefficient (Wildman–Crippen LogP) is 5.72. The van der Waals surface area contributed by atoms with Gasteiger partial charge in [-0.05, 0) is 78.8 Å².